The van der Waals surface area contributed by atoms with Gasteiger partial charge < -0.3 is 19.5 Å². The Morgan fingerprint density at radius 2 is 1.62 bits per heavy atom. The lowest BCUT2D eigenvalue weighted by atomic mass is 9.84. The molecule has 1 heterocycles. The molecule has 0 saturated carbocycles. The molecule has 2 aromatic carbocycles. The zero-order valence-corrected chi connectivity index (χ0v) is 16.1. The van der Waals surface area contributed by atoms with Crippen molar-refractivity contribution in [1.29, 1.82) is 0 Å². The Labute approximate surface area is 166 Å². The Morgan fingerprint density at radius 3 is 2.28 bits per heavy atom. The van der Waals surface area contributed by atoms with Gasteiger partial charge in [0.15, 0.2) is 18.1 Å². The number of hydrogen-bond acceptors (Lipinski definition) is 4. The number of amides is 1. The number of alkyl halides is 3. The first-order chi connectivity index (χ1) is 13.6. The summed E-state index contributed by atoms with van der Waals surface area (Å²) in [5.74, 6) is 1.21. The highest BCUT2D eigenvalue weighted by Crippen LogP contribution is 2.35. The van der Waals surface area contributed by atoms with E-state index in [0.717, 1.165) is 17.7 Å². The van der Waals surface area contributed by atoms with E-state index in [2.05, 4.69) is 5.32 Å². The zero-order valence-electron chi connectivity index (χ0n) is 16.1. The van der Waals surface area contributed by atoms with Crippen LogP contribution >= 0.6 is 0 Å². The summed E-state index contributed by atoms with van der Waals surface area (Å²) in [5, 5.41) is 2.79. The summed E-state index contributed by atoms with van der Waals surface area (Å²) < 4.78 is 54.1. The highest BCUT2D eigenvalue weighted by Gasteiger charge is 2.30. The summed E-state index contributed by atoms with van der Waals surface area (Å²) >= 11 is 0. The van der Waals surface area contributed by atoms with Crippen molar-refractivity contribution in [3.8, 4) is 17.2 Å². The number of carbonyl (C=O) groups is 1. The van der Waals surface area contributed by atoms with E-state index in [4.69, 9.17) is 14.2 Å². The SMILES string of the molecule is CC(C)(CNC(=O)COc1ccc(C(F)(F)F)cc1)c1ccc2c(c1)OCCO2. The quantitative estimate of drug-likeness (QED) is 0.785. The minimum atomic E-state index is -4.41. The fraction of sp³-hybridized carbons (Fsp3) is 0.381. The lowest BCUT2D eigenvalue weighted by molar-refractivity contribution is -0.137. The Morgan fingerprint density at radius 1 is 1.00 bits per heavy atom. The van der Waals surface area contributed by atoms with Crippen molar-refractivity contribution in [3.05, 3.63) is 53.6 Å². The van der Waals surface area contributed by atoms with E-state index < -0.39 is 11.7 Å². The molecule has 2 aromatic rings. The van der Waals surface area contributed by atoms with Crippen molar-refractivity contribution in [2.24, 2.45) is 0 Å². The third-order valence-corrected chi connectivity index (χ3v) is 4.60. The number of hydrogen-bond donors (Lipinski definition) is 1. The van der Waals surface area contributed by atoms with Gasteiger partial charge in [-0.3, -0.25) is 4.79 Å². The number of halogens is 3. The van der Waals surface area contributed by atoms with Crippen LogP contribution < -0.4 is 19.5 Å². The topological polar surface area (TPSA) is 56.8 Å². The summed E-state index contributed by atoms with van der Waals surface area (Å²) in [7, 11) is 0. The van der Waals surface area contributed by atoms with Crippen LogP contribution in [0.1, 0.15) is 25.0 Å². The van der Waals surface area contributed by atoms with E-state index in [9.17, 15) is 18.0 Å². The third-order valence-electron chi connectivity index (χ3n) is 4.60. The molecule has 29 heavy (non-hydrogen) atoms. The Bertz CT molecular complexity index is 863. The molecule has 3 rings (SSSR count). The van der Waals surface area contributed by atoms with E-state index in [1.54, 1.807) is 0 Å². The lowest BCUT2D eigenvalue weighted by Crippen LogP contribution is -2.39. The Balaban J connectivity index is 1.52. The first kappa shape index (κ1) is 20.8. The summed E-state index contributed by atoms with van der Waals surface area (Å²) in [5.41, 5.74) is -0.166. The molecule has 0 atom stereocenters. The van der Waals surface area contributed by atoms with E-state index in [0.29, 0.717) is 31.3 Å². The molecular formula is C21H22F3NO4. The molecule has 0 radical (unpaired) electrons. The van der Waals surface area contributed by atoms with Crippen LogP contribution in [0.5, 0.6) is 17.2 Å². The van der Waals surface area contributed by atoms with Crippen molar-refractivity contribution in [3.63, 3.8) is 0 Å². The van der Waals surface area contributed by atoms with Gasteiger partial charge in [-0.05, 0) is 42.0 Å². The maximum Gasteiger partial charge on any atom is 0.416 e. The molecule has 0 fully saturated rings. The highest BCUT2D eigenvalue weighted by atomic mass is 19.4. The van der Waals surface area contributed by atoms with Crippen molar-refractivity contribution in [1.82, 2.24) is 5.32 Å². The van der Waals surface area contributed by atoms with Gasteiger partial charge in [0, 0.05) is 12.0 Å². The van der Waals surface area contributed by atoms with E-state index in [-0.39, 0.29) is 23.7 Å². The Kier molecular flexibility index (Phi) is 5.91. The first-order valence-corrected chi connectivity index (χ1v) is 9.12. The van der Waals surface area contributed by atoms with Crippen molar-refractivity contribution in [2.45, 2.75) is 25.4 Å². The molecule has 0 saturated heterocycles. The molecule has 1 aliphatic rings. The molecule has 8 heteroatoms. The van der Waals surface area contributed by atoms with Crippen molar-refractivity contribution in [2.75, 3.05) is 26.4 Å². The molecule has 1 N–H and O–H groups in total. The number of rotatable bonds is 6. The monoisotopic (exact) mass is 409 g/mol. The number of fused-ring (bicyclic) bond motifs is 1. The van der Waals surface area contributed by atoms with E-state index in [1.165, 1.54) is 12.1 Å². The maximum absolute atomic E-state index is 12.6. The van der Waals surface area contributed by atoms with Crippen molar-refractivity contribution < 1.29 is 32.2 Å². The second-order valence-electron chi connectivity index (χ2n) is 7.33. The van der Waals surface area contributed by atoms with Gasteiger partial charge in [-0.25, -0.2) is 0 Å². The smallest absolute Gasteiger partial charge is 0.416 e. The summed E-state index contributed by atoms with van der Waals surface area (Å²) in [6.45, 7) is 5.04. The van der Waals surface area contributed by atoms with Gasteiger partial charge in [0.25, 0.3) is 5.91 Å². The fourth-order valence-corrected chi connectivity index (χ4v) is 2.83. The number of carbonyl (C=O) groups excluding carboxylic acids is 1. The van der Waals surface area contributed by atoms with Crippen LogP contribution in [0.2, 0.25) is 0 Å². The van der Waals surface area contributed by atoms with Gasteiger partial charge >= 0.3 is 6.18 Å². The average Bonchev–Trinajstić information content (AvgIpc) is 2.70. The molecule has 156 valence electrons. The van der Waals surface area contributed by atoms with Crippen LogP contribution in [0.25, 0.3) is 0 Å². The Hall–Kier alpha value is -2.90. The second kappa shape index (κ2) is 8.23. The van der Waals surface area contributed by atoms with Crippen LogP contribution in [0.15, 0.2) is 42.5 Å². The highest BCUT2D eigenvalue weighted by molar-refractivity contribution is 5.77. The summed E-state index contributed by atoms with van der Waals surface area (Å²) in [4.78, 5) is 12.1. The lowest BCUT2D eigenvalue weighted by Gasteiger charge is -2.27. The van der Waals surface area contributed by atoms with Crippen LogP contribution in [-0.4, -0.2) is 32.3 Å². The molecule has 0 bridgehead atoms. The molecule has 5 nitrogen and oxygen atoms in total. The normalized spacial score (nSPS) is 13.7. The van der Waals surface area contributed by atoms with Gasteiger partial charge in [-0.2, -0.15) is 13.2 Å². The molecule has 0 spiro atoms. The van der Waals surface area contributed by atoms with Gasteiger partial charge in [-0.1, -0.05) is 19.9 Å². The zero-order chi connectivity index (χ0) is 21.1. The first-order valence-electron chi connectivity index (χ1n) is 9.12. The molecule has 0 aliphatic carbocycles. The summed E-state index contributed by atoms with van der Waals surface area (Å²) in [6, 6.07) is 9.89. The fourth-order valence-electron chi connectivity index (χ4n) is 2.83. The average molecular weight is 409 g/mol. The molecule has 0 unspecified atom stereocenters. The number of ether oxygens (including phenoxy) is 3. The van der Waals surface area contributed by atoms with Gasteiger partial charge in [-0.15, -0.1) is 0 Å². The minimum absolute atomic E-state index is 0.194. The van der Waals surface area contributed by atoms with Crippen LogP contribution in [0.4, 0.5) is 13.2 Å². The van der Waals surface area contributed by atoms with Gasteiger partial charge in [0.1, 0.15) is 19.0 Å². The van der Waals surface area contributed by atoms with Gasteiger partial charge in [0.2, 0.25) is 0 Å². The van der Waals surface area contributed by atoms with E-state index in [1.807, 2.05) is 32.0 Å². The summed E-state index contributed by atoms with van der Waals surface area (Å²) in [6.07, 6.45) is -4.41. The predicted octanol–water partition coefficient (Wildman–Crippen LogP) is 3.95. The minimum Gasteiger partial charge on any atom is -0.486 e. The standard InChI is InChI=1S/C21H22F3NO4/c1-20(2,15-5-8-17-18(11-15)28-10-9-27-17)13-25-19(26)12-29-16-6-3-14(4-7-16)21(22,23)24/h3-8,11H,9-10,12-13H2,1-2H3,(H,25,26). The molecule has 1 amide bonds. The second-order valence-corrected chi connectivity index (χ2v) is 7.33. The molecule has 0 aromatic heterocycles. The van der Waals surface area contributed by atoms with Crippen LogP contribution in [0.3, 0.4) is 0 Å². The molecule has 1 aliphatic heterocycles. The van der Waals surface area contributed by atoms with E-state index >= 15 is 0 Å². The number of nitrogens with one attached hydrogen (secondary N) is 1. The maximum atomic E-state index is 12.6. The van der Waals surface area contributed by atoms with Crippen LogP contribution in [0, 0.1) is 0 Å². The van der Waals surface area contributed by atoms with Crippen LogP contribution in [-0.2, 0) is 16.4 Å². The largest absolute Gasteiger partial charge is 0.486 e. The predicted molar refractivity (Wildman–Crippen MR) is 100 cm³/mol. The van der Waals surface area contributed by atoms with Gasteiger partial charge in [0.05, 0.1) is 5.56 Å². The third kappa shape index (κ3) is 5.34. The van der Waals surface area contributed by atoms with Crippen molar-refractivity contribution >= 4 is 5.91 Å². The molecular weight excluding hydrogens is 387 g/mol. The number of benzene rings is 2.